The highest BCUT2D eigenvalue weighted by molar-refractivity contribution is 6.01. The van der Waals surface area contributed by atoms with Gasteiger partial charge in [0.05, 0.1) is 17.9 Å². The minimum Gasteiger partial charge on any atom is -0.360 e. The third-order valence-electron chi connectivity index (χ3n) is 3.49. The molecule has 2 heterocycles. The normalized spacial score (nSPS) is 23.4. The monoisotopic (exact) mass is 231 g/mol. The Morgan fingerprint density at radius 1 is 1.35 bits per heavy atom. The van der Waals surface area contributed by atoms with E-state index in [9.17, 15) is 4.79 Å². The van der Waals surface area contributed by atoms with E-state index in [1.165, 1.54) is 6.42 Å². The van der Waals surface area contributed by atoms with Gasteiger partial charge in [-0.3, -0.25) is 4.79 Å². The number of benzene rings is 1. The number of nitrogens with zero attached hydrogens (tertiary/aromatic N) is 1. The highest BCUT2D eigenvalue weighted by atomic mass is 16.2. The molecule has 0 spiro atoms. The van der Waals surface area contributed by atoms with E-state index in [1.54, 1.807) is 0 Å². The van der Waals surface area contributed by atoms with Gasteiger partial charge in [-0.05, 0) is 37.6 Å². The van der Waals surface area contributed by atoms with Gasteiger partial charge in [0.25, 0.3) is 0 Å². The van der Waals surface area contributed by atoms with Crippen LogP contribution in [0.5, 0.6) is 0 Å². The fourth-order valence-corrected chi connectivity index (χ4v) is 2.65. The molecule has 2 N–H and O–H groups in total. The van der Waals surface area contributed by atoms with Gasteiger partial charge in [-0.15, -0.1) is 0 Å². The number of para-hydroxylation sites is 2. The van der Waals surface area contributed by atoms with Crippen LogP contribution in [0, 0.1) is 5.92 Å². The maximum atomic E-state index is 11.6. The number of hydrogen-bond donors (Lipinski definition) is 2. The Morgan fingerprint density at radius 2 is 2.24 bits per heavy atom. The second-order valence-electron chi connectivity index (χ2n) is 4.80. The standard InChI is InChI=1S/C13H17N3O/c17-13-9-16(8-10-5-6-14-7-10)12-4-2-1-3-11(12)15-13/h1-4,10,14H,5-9H2,(H,15,17). The van der Waals surface area contributed by atoms with E-state index < -0.39 is 0 Å². The summed E-state index contributed by atoms with van der Waals surface area (Å²) in [5.74, 6) is 0.753. The summed E-state index contributed by atoms with van der Waals surface area (Å²) in [5, 5.41) is 6.29. The Kier molecular flexibility index (Phi) is 2.73. The number of carbonyl (C=O) groups excluding carboxylic acids is 1. The Morgan fingerprint density at radius 3 is 3.06 bits per heavy atom. The van der Waals surface area contributed by atoms with Gasteiger partial charge in [0.15, 0.2) is 0 Å². The van der Waals surface area contributed by atoms with Crippen LogP contribution in [0.2, 0.25) is 0 Å². The van der Waals surface area contributed by atoms with Crippen LogP contribution in [0.1, 0.15) is 6.42 Å². The molecule has 4 nitrogen and oxygen atoms in total. The lowest BCUT2D eigenvalue weighted by atomic mass is 10.1. The van der Waals surface area contributed by atoms with Crippen LogP contribution in [0.25, 0.3) is 0 Å². The number of anilines is 2. The molecule has 90 valence electrons. The van der Waals surface area contributed by atoms with Crippen LogP contribution in [-0.4, -0.2) is 32.1 Å². The highest BCUT2D eigenvalue weighted by Crippen LogP contribution is 2.29. The molecule has 3 rings (SSSR count). The van der Waals surface area contributed by atoms with Crippen LogP contribution in [0.4, 0.5) is 11.4 Å². The van der Waals surface area contributed by atoms with Gasteiger partial charge in [-0.1, -0.05) is 12.1 Å². The second kappa shape index (κ2) is 4.37. The molecule has 1 unspecified atom stereocenters. The number of amides is 1. The lowest BCUT2D eigenvalue weighted by Crippen LogP contribution is -2.41. The number of fused-ring (bicyclic) bond motifs is 1. The largest absolute Gasteiger partial charge is 0.360 e. The van der Waals surface area contributed by atoms with E-state index in [0.29, 0.717) is 12.5 Å². The van der Waals surface area contributed by atoms with E-state index in [-0.39, 0.29) is 5.91 Å². The lowest BCUT2D eigenvalue weighted by Gasteiger charge is -2.32. The minimum atomic E-state index is 0.0923. The molecule has 1 saturated heterocycles. The molecule has 1 amide bonds. The molecule has 0 saturated carbocycles. The zero-order valence-electron chi connectivity index (χ0n) is 9.78. The molecular weight excluding hydrogens is 214 g/mol. The number of carbonyl (C=O) groups is 1. The van der Waals surface area contributed by atoms with Gasteiger partial charge < -0.3 is 15.5 Å². The molecule has 4 heteroatoms. The van der Waals surface area contributed by atoms with Crippen molar-refractivity contribution in [2.24, 2.45) is 5.92 Å². The maximum Gasteiger partial charge on any atom is 0.243 e. The molecule has 17 heavy (non-hydrogen) atoms. The smallest absolute Gasteiger partial charge is 0.243 e. The predicted octanol–water partition coefficient (Wildman–Crippen LogP) is 1.05. The van der Waals surface area contributed by atoms with Crippen molar-refractivity contribution in [3.8, 4) is 0 Å². The van der Waals surface area contributed by atoms with Crippen LogP contribution in [0.3, 0.4) is 0 Å². The first-order valence-corrected chi connectivity index (χ1v) is 6.17. The zero-order chi connectivity index (χ0) is 11.7. The number of hydrogen-bond acceptors (Lipinski definition) is 3. The SMILES string of the molecule is O=C1CN(CC2CCNC2)c2ccccc2N1. The summed E-state index contributed by atoms with van der Waals surface area (Å²) in [6, 6.07) is 8.03. The highest BCUT2D eigenvalue weighted by Gasteiger charge is 2.25. The van der Waals surface area contributed by atoms with E-state index in [2.05, 4.69) is 21.6 Å². The predicted molar refractivity (Wildman–Crippen MR) is 68.3 cm³/mol. The summed E-state index contributed by atoms with van der Waals surface area (Å²) < 4.78 is 0. The van der Waals surface area contributed by atoms with Crippen molar-refractivity contribution in [3.63, 3.8) is 0 Å². The Labute approximate surface area is 101 Å². The molecule has 0 aliphatic carbocycles. The average Bonchev–Trinajstić information content (AvgIpc) is 2.81. The molecule has 1 aromatic rings. The van der Waals surface area contributed by atoms with Gasteiger partial charge in [-0.25, -0.2) is 0 Å². The van der Waals surface area contributed by atoms with Gasteiger partial charge in [0.1, 0.15) is 0 Å². The Balaban J connectivity index is 1.81. The van der Waals surface area contributed by atoms with E-state index in [0.717, 1.165) is 31.0 Å². The van der Waals surface area contributed by atoms with Crippen molar-refractivity contribution in [2.45, 2.75) is 6.42 Å². The molecule has 2 aliphatic heterocycles. The zero-order valence-corrected chi connectivity index (χ0v) is 9.78. The third-order valence-corrected chi connectivity index (χ3v) is 3.49. The Hall–Kier alpha value is -1.55. The topological polar surface area (TPSA) is 44.4 Å². The first kappa shape index (κ1) is 10.6. The number of rotatable bonds is 2. The molecule has 1 aromatic carbocycles. The van der Waals surface area contributed by atoms with Crippen molar-refractivity contribution < 1.29 is 4.79 Å². The van der Waals surface area contributed by atoms with Crippen molar-refractivity contribution in [2.75, 3.05) is 36.4 Å². The van der Waals surface area contributed by atoms with Gasteiger partial charge >= 0.3 is 0 Å². The quantitative estimate of drug-likeness (QED) is 0.800. The molecular formula is C13H17N3O. The van der Waals surface area contributed by atoms with Crippen LogP contribution >= 0.6 is 0 Å². The van der Waals surface area contributed by atoms with E-state index in [1.807, 2.05) is 18.2 Å². The first-order valence-electron chi connectivity index (χ1n) is 6.17. The first-order chi connectivity index (χ1) is 8.33. The fourth-order valence-electron chi connectivity index (χ4n) is 2.65. The van der Waals surface area contributed by atoms with Crippen LogP contribution in [-0.2, 0) is 4.79 Å². The summed E-state index contributed by atoms with van der Waals surface area (Å²) in [6.45, 7) is 3.62. The molecule has 1 fully saturated rings. The van der Waals surface area contributed by atoms with Gasteiger partial charge in [-0.2, -0.15) is 0 Å². The number of nitrogens with one attached hydrogen (secondary N) is 2. The maximum absolute atomic E-state index is 11.6. The van der Waals surface area contributed by atoms with Crippen LogP contribution in [0.15, 0.2) is 24.3 Å². The van der Waals surface area contributed by atoms with E-state index in [4.69, 9.17) is 0 Å². The molecule has 0 radical (unpaired) electrons. The molecule has 1 atom stereocenters. The summed E-state index contributed by atoms with van der Waals surface area (Å²) in [7, 11) is 0. The van der Waals surface area contributed by atoms with Crippen molar-refractivity contribution in [3.05, 3.63) is 24.3 Å². The van der Waals surface area contributed by atoms with E-state index >= 15 is 0 Å². The molecule has 0 aromatic heterocycles. The lowest BCUT2D eigenvalue weighted by molar-refractivity contribution is -0.115. The van der Waals surface area contributed by atoms with Crippen LogP contribution < -0.4 is 15.5 Å². The average molecular weight is 231 g/mol. The summed E-state index contributed by atoms with van der Waals surface area (Å²) >= 11 is 0. The minimum absolute atomic E-state index is 0.0923. The summed E-state index contributed by atoms with van der Waals surface area (Å²) in [6.07, 6.45) is 1.21. The fraction of sp³-hybridized carbons (Fsp3) is 0.462. The van der Waals surface area contributed by atoms with Gasteiger partial charge in [0.2, 0.25) is 5.91 Å². The second-order valence-corrected chi connectivity index (χ2v) is 4.80. The van der Waals surface area contributed by atoms with Gasteiger partial charge in [0, 0.05) is 6.54 Å². The van der Waals surface area contributed by atoms with Crippen molar-refractivity contribution in [1.29, 1.82) is 0 Å². The Bertz CT molecular complexity index is 426. The van der Waals surface area contributed by atoms with Crippen molar-refractivity contribution in [1.82, 2.24) is 5.32 Å². The third kappa shape index (κ3) is 2.13. The van der Waals surface area contributed by atoms with Crippen molar-refractivity contribution >= 4 is 17.3 Å². The molecule has 2 aliphatic rings. The molecule has 0 bridgehead atoms. The summed E-state index contributed by atoms with van der Waals surface area (Å²) in [5.41, 5.74) is 2.09. The summed E-state index contributed by atoms with van der Waals surface area (Å²) in [4.78, 5) is 13.8.